The molecule has 0 unspecified atom stereocenters. The van der Waals surface area contributed by atoms with E-state index in [9.17, 15) is 27.2 Å². The van der Waals surface area contributed by atoms with Crippen molar-refractivity contribution < 1.29 is 27.2 Å². The average molecular weight is 424 g/mol. The molecule has 2 aromatic rings. The van der Waals surface area contributed by atoms with Crippen molar-refractivity contribution in [3.63, 3.8) is 0 Å². The minimum atomic E-state index is -3.15. The number of likely N-dealkylation sites (tertiary alicyclic amines) is 1. The van der Waals surface area contributed by atoms with Crippen molar-refractivity contribution in [2.24, 2.45) is 5.92 Å². The van der Waals surface area contributed by atoms with Crippen LogP contribution in [0.3, 0.4) is 0 Å². The number of alkyl halides is 2. The van der Waals surface area contributed by atoms with E-state index in [2.05, 4.69) is 10.3 Å². The van der Waals surface area contributed by atoms with Crippen LogP contribution in [0, 0.1) is 24.5 Å². The van der Waals surface area contributed by atoms with E-state index in [-0.39, 0.29) is 17.1 Å². The minimum absolute atomic E-state index is 0.0216. The zero-order valence-electron chi connectivity index (χ0n) is 16.3. The second-order valence-electron chi connectivity index (χ2n) is 7.39. The van der Waals surface area contributed by atoms with Gasteiger partial charge in [-0.1, -0.05) is 13.0 Å². The van der Waals surface area contributed by atoms with Gasteiger partial charge in [-0.2, -0.15) is 0 Å². The predicted octanol–water partition coefficient (Wildman–Crippen LogP) is 3.43. The number of pyridine rings is 1. The lowest BCUT2D eigenvalue weighted by atomic mass is 9.86. The van der Waals surface area contributed by atoms with Crippen LogP contribution in [-0.4, -0.2) is 34.2 Å². The van der Waals surface area contributed by atoms with Gasteiger partial charge in [0.05, 0.1) is 17.9 Å². The Labute approximate surface area is 170 Å². The number of nitrogen functional groups attached to an aromatic ring is 1. The third kappa shape index (κ3) is 4.22. The summed E-state index contributed by atoms with van der Waals surface area (Å²) in [7, 11) is 0. The lowest BCUT2D eigenvalue weighted by Gasteiger charge is -2.42. The zero-order chi connectivity index (χ0) is 22.2. The summed E-state index contributed by atoms with van der Waals surface area (Å²) in [5.41, 5.74) is 6.38. The van der Waals surface area contributed by atoms with Crippen LogP contribution in [0.25, 0.3) is 0 Å². The molecule has 1 fully saturated rings. The van der Waals surface area contributed by atoms with E-state index in [4.69, 9.17) is 5.73 Å². The second-order valence-corrected chi connectivity index (χ2v) is 7.39. The van der Waals surface area contributed by atoms with Crippen LogP contribution >= 0.6 is 0 Å². The first-order valence-electron chi connectivity index (χ1n) is 9.16. The number of carbonyl (C=O) groups excluding carboxylic acids is 2. The predicted molar refractivity (Wildman–Crippen MR) is 102 cm³/mol. The van der Waals surface area contributed by atoms with Gasteiger partial charge in [-0.25, -0.2) is 22.5 Å². The van der Waals surface area contributed by atoms with Crippen LogP contribution in [0.2, 0.25) is 0 Å². The summed E-state index contributed by atoms with van der Waals surface area (Å²) in [4.78, 5) is 30.1. The number of halogens is 4. The molecule has 30 heavy (non-hydrogen) atoms. The second kappa shape index (κ2) is 7.92. The highest BCUT2D eigenvalue weighted by molar-refractivity contribution is 6.39. The molecule has 3 N–H and O–H groups in total. The lowest BCUT2D eigenvalue weighted by Crippen LogP contribution is -2.52. The standard InChI is InChI=1S/C20H20F4N4O2/c1-10-5-13(8-26-17(10)25)27-18(29)19(30)28-9-11(2)20(23,24)7-16(28)12-3-4-14(21)15(22)6-12/h3-6,8,11,16H,7,9H2,1-2H3,(H2,25,26)(H,27,29)/t11-,16-/m1/s1. The van der Waals surface area contributed by atoms with Gasteiger partial charge in [0.25, 0.3) is 5.92 Å². The Hall–Kier alpha value is -3.17. The number of amides is 2. The highest BCUT2D eigenvalue weighted by Crippen LogP contribution is 2.43. The first-order chi connectivity index (χ1) is 14.0. The molecular weight excluding hydrogens is 404 g/mol. The van der Waals surface area contributed by atoms with E-state index in [0.717, 1.165) is 23.1 Å². The van der Waals surface area contributed by atoms with Gasteiger partial charge in [-0.3, -0.25) is 9.59 Å². The minimum Gasteiger partial charge on any atom is -0.383 e. The molecule has 160 valence electrons. The Morgan fingerprint density at radius 1 is 1.23 bits per heavy atom. The van der Waals surface area contributed by atoms with Crippen molar-refractivity contribution in [1.82, 2.24) is 9.88 Å². The molecule has 1 saturated heterocycles. The summed E-state index contributed by atoms with van der Waals surface area (Å²) in [6, 6.07) is 2.90. The quantitative estimate of drug-likeness (QED) is 0.571. The Morgan fingerprint density at radius 2 is 1.93 bits per heavy atom. The molecular formula is C20H20F4N4O2. The number of nitrogens with two attached hydrogens (primary N) is 1. The first kappa shape index (κ1) is 21.5. The fraction of sp³-hybridized carbons (Fsp3) is 0.350. The fourth-order valence-corrected chi connectivity index (χ4v) is 3.34. The van der Waals surface area contributed by atoms with Gasteiger partial charge in [0, 0.05) is 18.9 Å². The zero-order valence-corrected chi connectivity index (χ0v) is 16.3. The number of rotatable bonds is 2. The number of hydrogen-bond acceptors (Lipinski definition) is 4. The molecule has 0 saturated carbocycles. The number of aryl methyl sites for hydroxylation is 1. The van der Waals surface area contributed by atoms with Crippen molar-refractivity contribution in [3.05, 3.63) is 53.2 Å². The lowest BCUT2D eigenvalue weighted by molar-refractivity contribution is -0.159. The molecule has 10 heteroatoms. The number of aromatic nitrogens is 1. The number of piperidine rings is 1. The van der Waals surface area contributed by atoms with Crippen molar-refractivity contribution in [2.75, 3.05) is 17.6 Å². The molecule has 1 aliphatic heterocycles. The summed E-state index contributed by atoms with van der Waals surface area (Å²) in [6.45, 7) is 2.49. The summed E-state index contributed by atoms with van der Waals surface area (Å²) >= 11 is 0. The summed E-state index contributed by atoms with van der Waals surface area (Å²) in [5.74, 6) is -8.62. The van der Waals surface area contributed by atoms with Crippen LogP contribution in [-0.2, 0) is 9.59 Å². The highest BCUT2D eigenvalue weighted by atomic mass is 19.3. The maximum absolute atomic E-state index is 14.4. The van der Waals surface area contributed by atoms with Crippen LogP contribution in [0.15, 0.2) is 30.5 Å². The largest absolute Gasteiger partial charge is 0.383 e. The van der Waals surface area contributed by atoms with E-state index in [1.165, 1.54) is 19.2 Å². The maximum atomic E-state index is 14.4. The van der Waals surface area contributed by atoms with Crippen molar-refractivity contribution in [1.29, 1.82) is 0 Å². The number of hydrogen-bond donors (Lipinski definition) is 2. The van der Waals surface area contributed by atoms with Gasteiger partial charge in [-0.05, 0) is 36.2 Å². The van der Waals surface area contributed by atoms with Gasteiger partial charge < -0.3 is 16.0 Å². The van der Waals surface area contributed by atoms with Crippen molar-refractivity contribution in [2.45, 2.75) is 32.2 Å². The molecule has 0 bridgehead atoms. The smallest absolute Gasteiger partial charge is 0.313 e. The van der Waals surface area contributed by atoms with Crippen LogP contribution < -0.4 is 11.1 Å². The van der Waals surface area contributed by atoms with Crippen LogP contribution in [0.1, 0.15) is 30.5 Å². The molecule has 2 heterocycles. The summed E-state index contributed by atoms with van der Waals surface area (Å²) < 4.78 is 55.7. The molecule has 3 rings (SSSR count). The van der Waals surface area contributed by atoms with Crippen LogP contribution in [0.5, 0.6) is 0 Å². The third-order valence-electron chi connectivity index (χ3n) is 5.19. The molecule has 0 spiro atoms. The van der Waals surface area contributed by atoms with E-state index in [1.54, 1.807) is 6.92 Å². The van der Waals surface area contributed by atoms with E-state index in [1.807, 2.05) is 0 Å². The van der Waals surface area contributed by atoms with Gasteiger partial charge in [-0.15, -0.1) is 0 Å². The van der Waals surface area contributed by atoms with Crippen LogP contribution in [0.4, 0.5) is 29.1 Å². The topological polar surface area (TPSA) is 88.3 Å². The summed E-state index contributed by atoms with van der Waals surface area (Å²) in [5, 5.41) is 2.37. The van der Waals surface area contributed by atoms with Gasteiger partial charge in [0.2, 0.25) is 0 Å². The van der Waals surface area contributed by atoms with Crippen molar-refractivity contribution in [3.8, 4) is 0 Å². The fourth-order valence-electron chi connectivity index (χ4n) is 3.34. The Bertz CT molecular complexity index is 999. The van der Waals surface area contributed by atoms with Gasteiger partial charge in [0.15, 0.2) is 11.6 Å². The number of nitrogens with one attached hydrogen (secondary N) is 1. The first-order valence-corrected chi connectivity index (χ1v) is 9.16. The highest BCUT2D eigenvalue weighted by Gasteiger charge is 2.48. The average Bonchev–Trinajstić information content (AvgIpc) is 2.68. The van der Waals surface area contributed by atoms with E-state index < -0.39 is 54.3 Å². The van der Waals surface area contributed by atoms with Gasteiger partial charge in [0.1, 0.15) is 5.82 Å². The molecule has 1 aliphatic rings. The third-order valence-corrected chi connectivity index (χ3v) is 5.19. The molecule has 1 aromatic heterocycles. The molecule has 1 aromatic carbocycles. The Morgan fingerprint density at radius 3 is 2.57 bits per heavy atom. The Kier molecular flexibility index (Phi) is 5.69. The SMILES string of the molecule is Cc1cc(NC(=O)C(=O)N2C[C@@H](C)C(F)(F)C[C@@H]2c2ccc(F)c(F)c2)cnc1N. The number of carbonyl (C=O) groups is 2. The number of nitrogens with zero attached hydrogens (tertiary/aromatic N) is 2. The van der Waals surface area contributed by atoms with E-state index in [0.29, 0.717) is 5.56 Å². The molecule has 0 aliphatic carbocycles. The summed E-state index contributed by atoms with van der Waals surface area (Å²) in [6.07, 6.45) is 0.439. The van der Waals surface area contributed by atoms with Gasteiger partial charge >= 0.3 is 11.8 Å². The maximum Gasteiger partial charge on any atom is 0.313 e. The van der Waals surface area contributed by atoms with E-state index >= 15 is 0 Å². The monoisotopic (exact) mass is 424 g/mol. The molecule has 2 amide bonds. The molecule has 0 radical (unpaired) electrons. The molecule has 6 nitrogen and oxygen atoms in total. The van der Waals surface area contributed by atoms with Crippen molar-refractivity contribution >= 4 is 23.3 Å². The number of benzene rings is 1. The Balaban J connectivity index is 1.88. The molecule has 2 atom stereocenters. The number of anilines is 2. The normalized spacial score (nSPS) is 20.7.